The van der Waals surface area contributed by atoms with Crippen molar-refractivity contribution in [3.63, 3.8) is 0 Å². The van der Waals surface area contributed by atoms with Gasteiger partial charge in [-0.25, -0.2) is 4.79 Å². The van der Waals surface area contributed by atoms with Gasteiger partial charge >= 0.3 is 6.03 Å². The Morgan fingerprint density at radius 1 is 1.07 bits per heavy atom. The van der Waals surface area contributed by atoms with Gasteiger partial charge < -0.3 is 14.8 Å². The Hall–Kier alpha value is -2.99. The number of imide groups is 1. The summed E-state index contributed by atoms with van der Waals surface area (Å²) < 4.78 is 11.2. The van der Waals surface area contributed by atoms with Crippen molar-refractivity contribution in [3.05, 3.63) is 63.8 Å². The summed E-state index contributed by atoms with van der Waals surface area (Å²) in [5, 5.41) is 3.00. The average Bonchev–Trinajstić information content (AvgIpc) is 2.94. The van der Waals surface area contributed by atoms with Gasteiger partial charge in [-0.3, -0.25) is 9.69 Å². The first-order chi connectivity index (χ1) is 13.9. The average molecular weight is 415 g/mol. The van der Waals surface area contributed by atoms with E-state index in [-0.39, 0.29) is 12.2 Å². The van der Waals surface area contributed by atoms with Crippen LogP contribution in [0.4, 0.5) is 4.79 Å². The molecule has 0 unspecified atom stereocenters. The molecule has 1 aliphatic rings. The minimum absolute atomic E-state index is 0.185. The van der Waals surface area contributed by atoms with Gasteiger partial charge in [-0.1, -0.05) is 41.4 Å². The smallest absolute Gasteiger partial charge is 0.329 e. The number of amides is 3. The molecule has 0 bridgehead atoms. The summed E-state index contributed by atoms with van der Waals surface area (Å²) >= 11 is 6.33. The van der Waals surface area contributed by atoms with Gasteiger partial charge in [0.15, 0.2) is 11.5 Å². The maximum atomic E-state index is 12.7. The number of carbonyl (C=O) groups excluding carboxylic acids is 2. The third-order valence-corrected chi connectivity index (χ3v) is 4.64. The fourth-order valence-corrected chi connectivity index (χ4v) is 3.25. The lowest BCUT2D eigenvalue weighted by molar-refractivity contribution is -0.123. The summed E-state index contributed by atoms with van der Waals surface area (Å²) in [6.45, 7) is 6.79. The molecule has 1 heterocycles. The van der Waals surface area contributed by atoms with Gasteiger partial charge in [0.2, 0.25) is 0 Å². The van der Waals surface area contributed by atoms with Crippen LogP contribution in [-0.4, -0.2) is 30.1 Å². The van der Waals surface area contributed by atoms with Crippen LogP contribution in [-0.2, 0) is 11.3 Å². The number of ether oxygens (including phenoxy) is 2. The van der Waals surface area contributed by atoms with Gasteiger partial charge in [-0.2, -0.15) is 0 Å². The number of halogens is 1. The van der Waals surface area contributed by atoms with Crippen molar-refractivity contribution in [1.29, 1.82) is 0 Å². The Kier molecular flexibility index (Phi) is 6.44. The topological polar surface area (TPSA) is 67.9 Å². The largest absolute Gasteiger partial charge is 0.490 e. The first-order valence-electron chi connectivity index (χ1n) is 9.42. The molecule has 0 radical (unpaired) electrons. The van der Waals surface area contributed by atoms with E-state index in [0.29, 0.717) is 35.3 Å². The summed E-state index contributed by atoms with van der Waals surface area (Å²) in [6.07, 6.45) is 1.58. The Bertz CT molecular complexity index is 954. The maximum absolute atomic E-state index is 12.7. The van der Waals surface area contributed by atoms with E-state index < -0.39 is 11.9 Å². The van der Waals surface area contributed by atoms with Gasteiger partial charge in [-0.05, 0) is 50.1 Å². The van der Waals surface area contributed by atoms with Gasteiger partial charge in [0, 0.05) is 0 Å². The normalized spacial score (nSPS) is 15.0. The summed E-state index contributed by atoms with van der Waals surface area (Å²) in [6, 6.07) is 10.6. The molecule has 0 saturated carbocycles. The van der Waals surface area contributed by atoms with E-state index in [1.807, 2.05) is 45.0 Å². The summed E-state index contributed by atoms with van der Waals surface area (Å²) in [5.74, 6) is 0.557. The Labute approximate surface area is 175 Å². The quantitative estimate of drug-likeness (QED) is 0.533. The summed E-state index contributed by atoms with van der Waals surface area (Å²) in [4.78, 5) is 26.2. The molecule has 29 heavy (non-hydrogen) atoms. The monoisotopic (exact) mass is 414 g/mol. The van der Waals surface area contributed by atoms with Crippen LogP contribution in [0.3, 0.4) is 0 Å². The number of nitrogens with one attached hydrogen (secondary N) is 1. The third kappa shape index (κ3) is 4.71. The second-order valence-electron chi connectivity index (χ2n) is 6.56. The molecule has 3 amide bonds. The van der Waals surface area contributed by atoms with Gasteiger partial charge in [0.05, 0.1) is 24.8 Å². The van der Waals surface area contributed by atoms with Crippen molar-refractivity contribution in [1.82, 2.24) is 10.2 Å². The standard InChI is InChI=1S/C22H23ClN2O4/c1-4-28-19-12-16(10-17(23)20(19)29-5-2)11-18-21(26)25(22(27)24-18)13-15-8-6-14(3)7-9-15/h6-12H,4-5,13H2,1-3H3,(H,24,27)/b18-11+. The molecule has 1 saturated heterocycles. The third-order valence-electron chi connectivity index (χ3n) is 4.35. The molecule has 6 nitrogen and oxygen atoms in total. The fraction of sp³-hybridized carbons (Fsp3) is 0.273. The van der Waals surface area contributed by atoms with Crippen molar-refractivity contribution in [2.24, 2.45) is 0 Å². The maximum Gasteiger partial charge on any atom is 0.329 e. The fourth-order valence-electron chi connectivity index (χ4n) is 2.98. The van der Waals surface area contributed by atoms with Crippen molar-refractivity contribution in [3.8, 4) is 11.5 Å². The van der Waals surface area contributed by atoms with E-state index in [1.165, 1.54) is 4.90 Å². The first-order valence-corrected chi connectivity index (χ1v) is 9.80. The van der Waals surface area contributed by atoms with Crippen molar-refractivity contribution in [2.75, 3.05) is 13.2 Å². The second kappa shape index (κ2) is 9.01. The zero-order chi connectivity index (χ0) is 21.0. The molecule has 0 spiro atoms. The Morgan fingerprint density at radius 2 is 1.76 bits per heavy atom. The van der Waals surface area contributed by atoms with Crippen LogP contribution in [0.15, 0.2) is 42.1 Å². The predicted molar refractivity (Wildman–Crippen MR) is 112 cm³/mol. The molecule has 0 aromatic heterocycles. The lowest BCUT2D eigenvalue weighted by Gasteiger charge is -2.13. The number of hydrogen-bond donors (Lipinski definition) is 1. The lowest BCUT2D eigenvalue weighted by atomic mass is 10.1. The molecule has 2 aromatic rings. The van der Waals surface area contributed by atoms with Gasteiger partial charge in [-0.15, -0.1) is 0 Å². The number of nitrogens with zero attached hydrogens (tertiary/aromatic N) is 1. The highest BCUT2D eigenvalue weighted by atomic mass is 35.5. The molecular formula is C22H23ClN2O4. The molecule has 1 fully saturated rings. The minimum Gasteiger partial charge on any atom is -0.490 e. The molecule has 7 heteroatoms. The zero-order valence-corrected chi connectivity index (χ0v) is 17.4. The second-order valence-corrected chi connectivity index (χ2v) is 6.97. The summed E-state index contributed by atoms with van der Waals surface area (Å²) in [7, 11) is 0. The number of rotatable bonds is 7. The van der Waals surface area contributed by atoms with Crippen molar-refractivity contribution < 1.29 is 19.1 Å². The highest BCUT2D eigenvalue weighted by Crippen LogP contribution is 2.37. The number of hydrogen-bond acceptors (Lipinski definition) is 4. The lowest BCUT2D eigenvalue weighted by Crippen LogP contribution is -2.30. The SMILES string of the molecule is CCOc1cc(/C=C2/NC(=O)N(Cc3ccc(C)cc3)C2=O)cc(Cl)c1OCC. The van der Waals surface area contributed by atoms with Gasteiger partial charge in [0.25, 0.3) is 5.91 Å². The van der Waals surface area contributed by atoms with Crippen molar-refractivity contribution in [2.45, 2.75) is 27.3 Å². The summed E-state index contributed by atoms with van der Waals surface area (Å²) in [5.41, 5.74) is 2.81. The van der Waals surface area contributed by atoms with Crippen LogP contribution >= 0.6 is 11.6 Å². The van der Waals surface area contributed by atoms with Crippen LogP contribution in [0.2, 0.25) is 5.02 Å². The number of benzene rings is 2. The number of carbonyl (C=O) groups is 2. The van der Waals surface area contributed by atoms with Crippen LogP contribution in [0.1, 0.15) is 30.5 Å². The predicted octanol–water partition coefficient (Wildman–Crippen LogP) is 4.54. The van der Waals surface area contributed by atoms with E-state index in [2.05, 4.69) is 5.32 Å². The molecular weight excluding hydrogens is 392 g/mol. The Balaban J connectivity index is 1.86. The van der Waals surface area contributed by atoms with Crippen LogP contribution in [0.25, 0.3) is 6.08 Å². The van der Waals surface area contributed by atoms with Crippen LogP contribution in [0, 0.1) is 6.92 Å². The van der Waals surface area contributed by atoms with Crippen LogP contribution < -0.4 is 14.8 Å². The van der Waals surface area contributed by atoms with Gasteiger partial charge in [0.1, 0.15) is 5.70 Å². The van der Waals surface area contributed by atoms with E-state index >= 15 is 0 Å². The Morgan fingerprint density at radius 3 is 2.41 bits per heavy atom. The van der Waals surface area contributed by atoms with Crippen LogP contribution in [0.5, 0.6) is 11.5 Å². The molecule has 2 aromatic carbocycles. The zero-order valence-electron chi connectivity index (χ0n) is 16.6. The minimum atomic E-state index is -0.455. The van der Waals surface area contributed by atoms with E-state index in [9.17, 15) is 9.59 Å². The van der Waals surface area contributed by atoms with E-state index in [0.717, 1.165) is 11.1 Å². The molecule has 0 atom stereocenters. The van der Waals surface area contributed by atoms with E-state index in [1.54, 1.807) is 18.2 Å². The first kappa shape index (κ1) is 20.7. The molecule has 3 rings (SSSR count). The number of urea groups is 1. The highest BCUT2D eigenvalue weighted by Gasteiger charge is 2.33. The molecule has 1 aliphatic heterocycles. The molecule has 0 aliphatic carbocycles. The molecule has 152 valence electrons. The number of aryl methyl sites for hydroxylation is 1. The van der Waals surface area contributed by atoms with E-state index in [4.69, 9.17) is 21.1 Å². The van der Waals surface area contributed by atoms with Crippen molar-refractivity contribution >= 4 is 29.6 Å². The molecule has 1 N–H and O–H groups in total. The highest BCUT2D eigenvalue weighted by molar-refractivity contribution is 6.32.